The van der Waals surface area contributed by atoms with Crippen LogP contribution in [0.4, 0.5) is 18.0 Å². The Labute approximate surface area is 86.6 Å². The Morgan fingerprint density at radius 2 is 1.79 bits per heavy atom. The molecule has 1 rings (SSSR count). The monoisotopic (exact) mass is 241 g/mol. The van der Waals surface area contributed by atoms with Gasteiger partial charge in [0.05, 0.1) is 0 Å². The molecule has 0 atom stereocenters. The summed E-state index contributed by atoms with van der Waals surface area (Å²) < 4.78 is 40.0. The Kier molecular flexibility index (Phi) is 3.65. The van der Waals surface area contributed by atoms with Gasteiger partial charge in [-0.05, 0) is 23.5 Å². The summed E-state index contributed by atoms with van der Waals surface area (Å²) in [6, 6.07) is 1.01. The summed E-state index contributed by atoms with van der Waals surface area (Å²) >= 11 is 5.22. The van der Waals surface area contributed by atoms with Crippen molar-refractivity contribution in [2.45, 2.75) is 4.90 Å². The number of amides is 1. The minimum atomic E-state index is -1.10. The van der Waals surface area contributed by atoms with E-state index in [0.29, 0.717) is 24.1 Å². The van der Waals surface area contributed by atoms with Gasteiger partial charge in [-0.3, -0.25) is 9.52 Å². The molecule has 1 aromatic rings. The summed E-state index contributed by atoms with van der Waals surface area (Å²) in [6.45, 7) is 0. The number of carbonyl (C=O) groups is 1. The predicted octanol–water partition coefficient (Wildman–Crippen LogP) is 3.06. The lowest BCUT2D eigenvalue weighted by atomic mass is 10.3. The molecule has 14 heavy (non-hydrogen) atoms. The van der Waals surface area contributed by atoms with E-state index in [1.165, 1.54) is 0 Å². The van der Waals surface area contributed by atoms with E-state index >= 15 is 0 Å². The maximum absolute atomic E-state index is 12.9. The van der Waals surface area contributed by atoms with Crippen LogP contribution in [0.15, 0.2) is 17.0 Å². The SMILES string of the molecule is O=C(Cl)NSc1c(F)cc(F)cc1F. The van der Waals surface area contributed by atoms with Crippen molar-refractivity contribution in [3.05, 3.63) is 29.6 Å². The first-order valence-corrected chi connectivity index (χ1v) is 4.47. The quantitative estimate of drug-likeness (QED) is 0.490. The largest absolute Gasteiger partial charge is 0.323 e. The van der Waals surface area contributed by atoms with E-state index < -0.39 is 27.7 Å². The average Bonchev–Trinajstić information content (AvgIpc) is 2.01. The normalized spacial score (nSPS) is 10.0. The van der Waals surface area contributed by atoms with Crippen LogP contribution >= 0.6 is 23.5 Å². The van der Waals surface area contributed by atoms with Gasteiger partial charge in [0.15, 0.2) is 0 Å². The summed E-state index contributed by atoms with van der Waals surface area (Å²) in [5.41, 5.74) is 0. The second-order valence-corrected chi connectivity index (χ2v) is 3.34. The first-order chi connectivity index (χ1) is 6.50. The number of halogens is 4. The third kappa shape index (κ3) is 2.81. The van der Waals surface area contributed by atoms with Crippen LogP contribution in [-0.4, -0.2) is 5.37 Å². The van der Waals surface area contributed by atoms with E-state index in [9.17, 15) is 18.0 Å². The molecule has 0 spiro atoms. The lowest BCUT2D eigenvalue weighted by Crippen LogP contribution is -2.07. The van der Waals surface area contributed by atoms with Crippen molar-refractivity contribution < 1.29 is 18.0 Å². The summed E-state index contributed by atoms with van der Waals surface area (Å²) in [7, 11) is 0. The number of nitrogens with one attached hydrogen (secondary N) is 1. The molecule has 7 heteroatoms. The molecule has 0 radical (unpaired) electrons. The van der Waals surface area contributed by atoms with Gasteiger partial charge >= 0.3 is 5.37 Å². The van der Waals surface area contributed by atoms with Crippen LogP contribution in [0, 0.1) is 17.5 Å². The molecule has 0 unspecified atom stereocenters. The van der Waals surface area contributed by atoms with Crippen LogP contribution in [0.2, 0.25) is 0 Å². The van der Waals surface area contributed by atoms with E-state index in [2.05, 4.69) is 0 Å². The van der Waals surface area contributed by atoms with Crippen LogP contribution in [0.25, 0.3) is 0 Å². The fourth-order valence-electron chi connectivity index (χ4n) is 0.718. The predicted molar refractivity (Wildman–Crippen MR) is 46.6 cm³/mol. The van der Waals surface area contributed by atoms with E-state index in [1.54, 1.807) is 0 Å². The average molecular weight is 242 g/mol. The molecule has 2 nitrogen and oxygen atoms in total. The van der Waals surface area contributed by atoms with Crippen molar-refractivity contribution >= 4 is 28.9 Å². The van der Waals surface area contributed by atoms with E-state index in [-0.39, 0.29) is 0 Å². The Morgan fingerprint density at radius 3 is 2.21 bits per heavy atom. The fraction of sp³-hybridized carbons (Fsp3) is 0. The molecular formula is C7H3ClF3NOS. The van der Waals surface area contributed by atoms with Gasteiger partial charge in [-0.15, -0.1) is 0 Å². The van der Waals surface area contributed by atoms with Gasteiger partial charge in [0.2, 0.25) is 0 Å². The Balaban J connectivity index is 2.91. The van der Waals surface area contributed by atoms with Gasteiger partial charge in [0.1, 0.15) is 22.3 Å². The lowest BCUT2D eigenvalue weighted by Gasteiger charge is -2.03. The zero-order valence-electron chi connectivity index (χ0n) is 6.48. The van der Waals surface area contributed by atoms with Crippen LogP contribution in [0.1, 0.15) is 0 Å². The van der Waals surface area contributed by atoms with Crippen molar-refractivity contribution in [3.63, 3.8) is 0 Å². The summed E-state index contributed by atoms with van der Waals surface area (Å²) in [5, 5.41) is -0.974. The zero-order valence-corrected chi connectivity index (χ0v) is 8.06. The van der Waals surface area contributed by atoms with E-state index in [4.69, 9.17) is 11.6 Å². The Morgan fingerprint density at radius 1 is 1.29 bits per heavy atom. The Hall–Kier alpha value is -0.880. The minimum Gasteiger partial charge on any atom is -0.282 e. The van der Waals surface area contributed by atoms with Crippen molar-refractivity contribution in [2.75, 3.05) is 0 Å². The minimum absolute atomic E-state index is 0.342. The van der Waals surface area contributed by atoms with Crippen molar-refractivity contribution in [3.8, 4) is 0 Å². The van der Waals surface area contributed by atoms with E-state index in [1.807, 2.05) is 4.72 Å². The maximum atomic E-state index is 12.9. The van der Waals surface area contributed by atoms with Crippen molar-refractivity contribution in [2.24, 2.45) is 0 Å². The van der Waals surface area contributed by atoms with Gasteiger partial charge < -0.3 is 0 Å². The van der Waals surface area contributed by atoms with Crippen molar-refractivity contribution in [1.82, 2.24) is 4.72 Å². The lowest BCUT2D eigenvalue weighted by molar-refractivity contribution is 0.264. The molecule has 0 aromatic heterocycles. The highest BCUT2D eigenvalue weighted by atomic mass is 35.5. The molecule has 1 N–H and O–H groups in total. The fourth-order valence-corrected chi connectivity index (χ4v) is 1.33. The molecule has 0 saturated carbocycles. The highest BCUT2D eigenvalue weighted by molar-refractivity contribution is 7.98. The van der Waals surface area contributed by atoms with E-state index in [0.717, 1.165) is 0 Å². The molecule has 1 amide bonds. The second kappa shape index (κ2) is 4.56. The zero-order chi connectivity index (χ0) is 10.7. The molecule has 76 valence electrons. The molecule has 1 aromatic carbocycles. The van der Waals surface area contributed by atoms with Crippen LogP contribution < -0.4 is 4.72 Å². The first kappa shape index (κ1) is 11.2. The molecule has 0 aliphatic carbocycles. The number of hydrogen-bond donors (Lipinski definition) is 1. The first-order valence-electron chi connectivity index (χ1n) is 3.27. The van der Waals surface area contributed by atoms with Crippen LogP contribution in [0.3, 0.4) is 0 Å². The molecule has 0 heterocycles. The second-order valence-electron chi connectivity index (χ2n) is 2.18. The molecule has 0 saturated heterocycles. The highest BCUT2D eigenvalue weighted by Gasteiger charge is 2.12. The maximum Gasteiger partial charge on any atom is 0.323 e. The van der Waals surface area contributed by atoms with Crippen LogP contribution in [0.5, 0.6) is 0 Å². The third-order valence-electron chi connectivity index (χ3n) is 1.20. The summed E-state index contributed by atoms with van der Waals surface area (Å²) in [4.78, 5) is 9.71. The number of carbonyl (C=O) groups excluding carboxylic acids is 1. The Bertz CT molecular complexity index is 351. The number of benzene rings is 1. The molecular weight excluding hydrogens is 239 g/mol. The van der Waals surface area contributed by atoms with Gasteiger partial charge in [0.25, 0.3) is 0 Å². The van der Waals surface area contributed by atoms with Gasteiger partial charge in [-0.2, -0.15) is 0 Å². The van der Waals surface area contributed by atoms with Gasteiger partial charge in [0, 0.05) is 12.1 Å². The highest BCUT2D eigenvalue weighted by Crippen LogP contribution is 2.23. The number of hydrogen-bond acceptors (Lipinski definition) is 2. The molecule has 0 fully saturated rings. The number of rotatable bonds is 2. The molecule has 0 aliphatic rings. The van der Waals surface area contributed by atoms with Crippen molar-refractivity contribution in [1.29, 1.82) is 0 Å². The summed E-state index contributed by atoms with van der Waals surface area (Å²) in [5.74, 6) is -3.22. The van der Waals surface area contributed by atoms with Crippen LogP contribution in [-0.2, 0) is 0 Å². The molecule has 0 bridgehead atoms. The standard InChI is InChI=1S/C7H3ClF3NOS/c8-7(13)12-14-6-4(10)1-3(9)2-5(6)11/h1-2H,(H,12,13). The smallest absolute Gasteiger partial charge is 0.282 e. The summed E-state index contributed by atoms with van der Waals surface area (Å²) in [6.07, 6.45) is 0. The van der Waals surface area contributed by atoms with Gasteiger partial charge in [-0.1, -0.05) is 0 Å². The topological polar surface area (TPSA) is 29.1 Å². The third-order valence-corrected chi connectivity index (χ3v) is 2.28. The molecule has 0 aliphatic heterocycles. The van der Waals surface area contributed by atoms with Gasteiger partial charge in [-0.25, -0.2) is 13.2 Å².